The van der Waals surface area contributed by atoms with Gasteiger partial charge in [0.15, 0.2) is 0 Å². The number of aromatic nitrogens is 2. The highest BCUT2D eigenvalue weighted by atomic mass is 32.1. The van der Waals surface area contributed by atoms with Crippen molar-refractivity contribution in [1.82, 2.24) is 9.78 Å². The van der Waals surface area contributed by atoms with Gasteiger partial charge < -0.3 is 5.10 Å². The summed E-state index contributed by atoms with van der Waals surface area (Å²) < 4.78 is 2.99. The first-order valence-electron chi connectivity index (χ1n) is 4.92. The molecule has 0 amide bonds. The van der Waals surface area contributed by atoms with Crippen LogP contribution in [0.5, 0.6) is 0 Å². The van der Waals surface area contributed by atoms with Crippen molar-refractivity contribution in [3.63, 3.8) is 0 Å². The molecule has 0 aliphatic heterocycles. The summed E-state index contributed by atoms with van der Waals surface area (Å²) >= 11 is 5.22. The first-order valence-corrected chi connectivity index (χ1v) is 5.33. The Morgan fingerprint density at radius 2 is 2.23 bits per heavy atom. The number of hydrogen-bond donors (Lipinski definition) is 1. The molecule has 0 spiro atoms. The maximum Gasteiger partial charge on any atom is 0.122 e. The highest BCUT2D eigenvalue weighted by molar-refractivity contribution is 7.71. The van der Waals surface area contributed by atoms with Crippen molar-refractivity contribution in [2.24, 2.45) is 5.92 Å². The number of nitrogens with one attached hydrogen (secondary N) is 1. The second-order valence-electron chi connectivity index (χ2n) is 3.81. The molecule has 0 aliphatic rings. The maximum absolute atomic E-state index is 5.22. The topological polar surface area (TPSA) is 20.7 Å². The molecule has 0 fully saturated rings. The Hall–Kier alpha value is -0.570. The van der Waals surface area contributed by atoms with E-state index >= 15 is 0 Å². The van der Waals surface area contributed by atoms with Gasteiger partial charge in [-0.25, -0.2) is 0 Å². The van der Waals surface area contributed by atoms with Crippen LogP contribution in [0.25, 0.3) is 0 Å². The molecule has 0 saturated carbocycles. The molecule has 0 unspecified atom stereocenters. The molecule has 1 rings (SSSR count). The van der Waals surface area contributed by atoms with E-state index in [2.05, 4.69) is 36.6 Å². The zero-order valence-corrected chi connectivity index (χ0v) is 9.45. The Morgan fingerprint density at radius 1 is 1.54 bits per heavy atom. The van der Waals surface area contributed by atoms with Crippen LogP contribution in [-0.4, -0.2) is 9.78 Å². The van der Waals surface area contributed by atoms with Crippen LogP contribution in [0.4, 0.5) is 0 Å². The van der Waals surface area contributed by atoms with Crippen LogP contribution >= 0.6 is 12.2 Å². The van der Waals surface area contributed by atoms with E-state index in [1.807, 2.05) is 0 Å². The van der Waals surface area contributed by atoms with Gasteiger partial charge in [-0.05, 0) is 24.8 Å². The normalized spacial score (nSPS) is 11.1. The van der Waals surface area contributed by atoms with Crippen molar-refractivity contribution in [2.45, 2.75) is 40.2 Å². The Kier molecular flexibility index (Phi) is 3.72. The Morgan fingerprint density at radius 3 is 2.69 bits per heavy atom. The molecule has 2 nitrogen and oxygen atoms in total. The highest BCUT2D eigenvalue weighted by Crippen LogP contribution is 2.05. The second kappa shape index (κ2) is 4.61. The first-order chi connectivity index (χ1) is 6.13. The van der Waals surface area contributed by atoms with Crippen LogP contribution in [0.2, 0.25) is 0 Å². The summed E-state index contributed by atoms with van der Waals surface area (Å²) in [6, 6.07) is 2.05. The fraction of sp³-hybridized carbons (Fsp3) is 0.700. The fourth-order valence-electron chi connectivity index (χ4n) is 1.22. The molecule has 1 N–H and O–H groups in total. The van der Waals surface area contributed by atoms with E-state index in [0.29, 0.717) is 0 Å². The van der Waals surface area contributed by atoms with Gasteiger partial charge in [-0.15, -0.1) is 0 Å². The average Bonchev–Trinajstić information content (AvgIpc) is 2.43. The lowest BCUT2D eigenvalue weighted by molar-refractivity contribution is 0.481. The summed E-state index contributed by atoms with van der Waals surface area (Å²) in [5.74, 6) is 0.732. The predicted molar refractivity (Wildman–Crippen MR) is 58.4 cm³/mol. The minimum atomic E-state index is 0.732. The minimum absolute atomic E-state index is 0.732. The van der Waals surface area contributed by atoms with Crippen molar-refractivity contribution in [3.8, 4) is 0 Å². The van der Waals surface area contributed by atoms with Crippen LogP contribution in [0.3, 0.4) is 0 Å². The average molecular weight is 198 g/mol. The molecule has 3 heteroatoms. The van der Waals surface area contributed by atoms with Crippen molar-refractivity contribution < 1.29 is 0 Å². The minimum Gasteiger partial charge on any atom is -0.302 e. The smallest absolute Gasteiger partial charge is 0.122 e. The SMILES string of the molecule is CCc1cc(=S)n(CCC(C)C)[nH]1. The number of aryl methyl sites for hydroxylation is 2. The molecule has 1 heterocycles. The van der Waals surface area contributed by atoms with Gasteiger partial charge in [-0.2, -0.15) is 0 Å². The van der Waals surface area contributed by atoms with Crippen LogP contribution in [0.15, 0.2) is 6.07 Å². The molecule has 74 valence electrons. The number of H-pyrrole nitrogens is 1. The van der Waals surface area contributed by atoms with Crippen LogP contribution in [0.1, 0.15) is 32.9 Å². The molecule has 13 heavy (non-hydrogen) atoms. The van der Waals surface area contributed by atoms with E-state index in [-0.39, 0.29) is 0 Å². The molecule has 1 aromatic rings. The molecular weight excluding hydrogens is 180 g/mol. The number of nitrogens with zero attached hydrogens (tertiary/aromatic N) is 1. The Labute approximate surface area is 85.0 Å². The molecule has 0 radical (unpaired) electrons. The van der Waals surface area contributed by atoms with E-state index in [4.69, 9.17) is 12.2 Å². The summed E-state index contributed by atoms with van der Waals surface area (Å²) in [6.45, 7) is 7.60. The quantitative estimate of drug-likeness (QED) is 0.737. The van der Waals surface area contributed by atoms with Gasteiger partial charge in [0.25, 0.3) is 0 Å². The van der Waals surface area contributed by atoms with Crippen molar-refractivity contribution in [3.05, 3.63) is 16.4 Å². The largest absolute Gasteiger partial charge is 0.302 e. The molecule has 0 bridgehead atoms. The Balaban J connectivity index is 2.66. The van der Waals surface area contributed by atoms with E-state index in [1.54, 1.807) is 0 Å². The highest BCUT2D eigenvalue weighted by Gasteiger charge is 1.99. The standard InChI is InChI=1S/C10H18N2S/c1-4-9-7-10(13)12(11-9)6-5-8(2)3/h7-8,11H,4-6H2,1-3H3. The molecule has 0 atom stereocenters. The summed E-state index contributed by atoms with van der Waals surface area (Å²) in [5.41, 5.74) is 1.23. The van der Waals surface area contributed by atoms with Crippen molar-refractivity contribution >= 4 is 12.2 Å². The lowest BCUT2D eigenvalue weighted by atomic mass is 10.1. The van der Waals surface area contributed by atoms with Gasteiger partial charge in [0.2, 0.25) is 0 Å². The van der Waals surface area contributed by atoms with Gasteiger partial charge in [0.1, 0.15) is 4.64 Å². The van der Waals surface area contributed by atoms with Crippen LogP contribution < -0.4 is 0 Å². The first kappa shape index (κ1) is 10.5. The summed E-state index contributed by atoms with van der Waals surface area (Å²) in [4.78, 5) is 0. The molecule has 1 aromatic heterocycles. The predicted octanol–water partition coefficient (Wildman–Crippen LogP) is 3.15. The third-order valence-electron chi connectivity index (χ3n) is 2.15. The van der Waals surface area contributed by atoms with Gasteiger partial charge >= 0.3 is 0 Å². The van der Waals surface area contributed by atoms with E-state index < -0.39 is 0 Å². The van der Waals surface area contributed by atoms with Gasteiger partial charge in [-0.3, -0.25) is 4.68 Å². The van der Waals surface area contributed by atoms with E-state index in [1.165, 1.54) is 12.1 Å². The third kappa shape index (κ3) is 2.99. The van der Waals surface area contributed by atoms with Gasteiger partial charge in [0.05, 0.1) is 0 Å². The number of hydrogen-bond acceptors (Lipinski definition) is 1. The maximum atomic E-state index is 5.22. The van der Waals surface area contributed by atoms with Crippen LogP contribution in [-0.2, 0) is 13.0 Å². The summed E-state index contributed by atoms with van der Waals surface area (Å²) in [6.07, 6.45) is 2.20. The van der Waals surface area contributed by atoms with E-state index in [0.717, 1.165) is 23.5 Å². The lowest BCUT2D eigenvalue weighted by Gasteiger charge is -2.05. The second-order valence-corrected chi connectivity index (χ2v) is 4.23. The molecule has 0 aromatic carbocycles. The van der Waals surface area contributed by atoms with Gasteiger partial charge in [-0.1, -0.05) is 33.0 Å². The van der Waals surface area contributed by atoms with Crippen molar-refractivity contribution in [2.75, 3.05) is 0 Å². The Bertz CT molecular complexity index is 309. The van der Waals surface area contributed by atoms with Crippen LogP contribution in [0, 0.1) is 10.6 Å². The molecule has 0 aliphatic carbocycles. The molecule has 0 saturated heterocycles. The zero-order valence-electron chi connectivity index (χ0n) is 8.63. The third-order valence-corrected chi connectivity index (χ3v) is 2.49. The zero-order chi connectivity index (χ0) is 9.84. The monoisotopic (exact) mass is 198 g/mol. The number of rotatable bonds is 4. The summed E-state index contributed by atoms with van der Waals surface area (Å²) in [7, 11) is 0. The summed E-state index contributed by atoms with van der Waals surface area (Å²) in [5, 5.41) is 3.30. The van der Waals surface area contributed by atoms with Crippen molar-refractivity contribution in [1.29, 1.82) is 0 Å². The molecular formula is C10H18N2S. The van der Waals surface area contributed by atoms with Gasteiger partial charge in [0, 0.05) is 12.2 Å². The fourth-order valence-corrected chi connectivity index (χ4v) is 1.50. The lowest BCUT2D eigenvalue weighted by Crippen LogP contribution is -2.03. The van der Waals surface area contributed by atoms with E-state index in [9.17, 15) is 0 Å². The number of aromatic amines is 1.